The van der Waals surface area contributed by atoms with E-state index < -0.39 is 0 Å². The lowest BCUT2D eigenvalue weighted by molar-refractivity contribution is 0.0796. The third-order valence-electron chi connectivity index (χ3n) is 4.99. The van der Waals surface area contributed by atoms with Crippen molar-refractivity contribution >= 4 is 12.0 Å². The fraction of sp³-hybridized carbons (Fsp3) is 0.350. The van der Waals surface area contributed by atoms with Crippen molar-refractivity contribution in [3.63, 3.8) is 0 Å². The molecule has 0 saturated heterocycles. The van der Waals surface area contributed by atoms with Crippen LogP contribution in [0.1, 0.15) is 28.7 Å². The first kappa shape index (κ1) is 18.2. The van der Waals surface area contributed by atoms with E-state index in [0.29, 0.717) is 47.3 Å². The fourth-order valence-corrected chi connectivity index (χ4v) is 3.53. The number of amides is 1. The summed E-state index contributed by atoms with van der Waals surface area (Å²) >= 11 is 0. The second-order valence-corrected chi connectivity index (χ2v) is 7.35. The molecule has 4 rings (SSSR count). The Morgan fingerprint density at radius 2 is 2.00 bits per heavy atom. The van der Waals surface area contributed by atoms with Crippen molar-refractivity contribution in [1.29, 1.82) is 0 Å². The number of aromatic amines is 3. The summed E-state index contributed by atoms with van der Waals surface area (Å²) < 4.78 is 0. The van der Waals surface area contributed by atoms with Crippen LogP contribution in [0, 0.1) is 6.92 Å². The van der Waals surface area contributed by atoms with E-state index in [1.807, 2.05) is 26.0 Å². The van der Waals surface area contributed by atoms with E-state index in [1.54, 1.807) is 24.2 Å². The third kappa shape index (κ3) is 3.38. The molecule has 0 fully saturated rings. The molecule has 28 heavy (non-hydrogen) atoms. The molecule has 2 bridgehead atoms. The zero-order chi connectivity index (χ0) is 19.8. The summed E-state index contributed by atoms with van der Waals surface area (Å²) in [5.74, 6) is -0.0775. The van der Waals surface area contributed by atoms with Gasteiger partial charge in [0.25, 0.3) is 11.5 Å². The minimum absolute atomic E-state index is 0.0494. The van der Waals surface area contributed by atoms with Gasteiger partial charge in [0.15, 0.2) is 0 Å². The van der Waals surface area contributed by atoms with Gasteiger partial charge in [0.1, 0.15) is 5.49 Å². The van der Waals surface area contributed by atoms with Gasteiger partial charge in [-0.15, -0.1) is 0 Å². The molecule has 3 aliphatic heterocycles. The molecular weight excluding hydrogens is 356 g/mol. The molecule has 0 aromatic carbocycles. The van der Waals surface area contributed by atoms with Gasteiger partial charge in [0.2, 0.25) is 0 Å². The smallest absolute Gasteiger partial charge is 0.256 e. The van der Waals surface area contributed by atoms with Crippen molar-refractivity contribution < 1.29 is 4.79 Å². The molecule has 1 aromatic rings. The Hall–Kier alpha value is -3.13. The molecule has 1 amide bonds. The van der Waals surface area contributed by atoms with E-state index in [9.17, 15) is 9.59 Å². The number of carbonyl (C=O) groups is 1. The molecule has 0 radical (unpaired) electrons. The molecule has 1 unspecified atom stereocenters. The summed E-state index contributed by atoms with van der Waals surface area (Å²) in [5, 5.41) is 3.86. The Kier molecular flexibility index (Phi) is 4.64. The number of aryl methyl sites for hydroxylation is 1. The molecule has 0 saturated carbocycles. The highest BCUT2D eigenvalue weighted by atomic mass is 16.2. The number of aromatic nitrogens is 3. The molecule has 0 aliphatic carbocycles. The first-order chi connectivity index (χ1) is 13.4. The van der Waals surface area contributed by atoms with Crippen LogP contribution in [0.2, 0.25) is 0 Å². The molecule has 0 spiro atoms. The Balaban J connectivity index is 1.98. The highest BCUT2D eigenvalue weighted by molar-refractivity contribution is 5.97. The normalized spacial score (nSPS) is 19.5. The monoisotopic (exact) mass is 380 g/mol. The molecule has 4 N–H and O–H groups in total. The average Bonchev–Trinajstić information content (AvgIpc) is 3.17. The van der Waals surface area contributed by atoms with Gasteiger partial charge in [-0.2, -0.15) is 0 Å². The van der Waals surface area contributed by atoms with Gasteiger partial charge in [-0.05, 0) is 32.1 Å². The number of nitrogens with one attached hydrogen (secondary N) is 4. The number of hydrogen-bond donors (Lipinski definition) is 4. The highest BCUT2D eigenvalue weighted by Crippen LogP contribution is 2.15. The molecule has 8 nitrogen and oxygen atoms in total. The van der Waals surface area contributed by atoms with Crippen LogP contribution in [0.25, 0.3) is 17.3 Å². The van der Waals surface area contributed by atoms with Crippen LogP contribution < -0.4 is 21.6 Å². The maximum atomic E-state index is 12.9. The van der Waals surface area contributed by atoms with E-state index >= 15 is 0 Å². The van der Waals surface area contributed by atoms with Crippen LogP contribution in [0.4, 0.5) is 0 Å². The van der Waals surface area contributed by atoms with Crippen molar-refractivity contribution in [3.8, 4) is 11.3 Å². The quantitative estimate of drug-likeness (QED) is 0.439. The van der Waals surface area contributed by atoms with Crippen molar-refractivity contribution in [2.45, 2.75) is 19.9 Å². The van der Waals surface area contributed by atoms with Gasteiger partial charge in [0, 0.05) is 44.1 Å². The average molecular weight is 380 g/mol. The minimum atomic E-state index is -0.196. The first-order valence-corrected chi connectivity index (χ1v) is 9.38. The number of nitrogens with zero attached hydrogens (tertiary/aromatic N) is 2. The van der Waals surface area contributed by atoms with Crippen LogP contribution in [-0.2, 0) is 0 Å². The largest absolute Gasteiger partial charge is 0.358 e. The summed E-state index contributed by atoms with van der Waals surface area (Å²) in [6, 6.07) is 3.75. The topological polar surface area (TPSA) is 109 Å². The van der Waals surface area contributed by atoms with Crippen LogP contribution in [0.3, 0.4) is 0 Å². The molecule has 1 atom stereocenters. The van der Waals surface area contributed by atoms with E-state index in [1.165, 1.54) is 0 Å². The number of carbonyl (C=O) groups excluding carboxylic acids is 1. The van der Waals surface area contributed by atoms with Crippen molar-refractivity contribution in [2.75, 3.05) is 26.7 Å². The SMILES string of the molecule is Cc1cc2c([nH]1)/C=c1/c3cc([nH]cc-3[nH]c1=O)=NC(C)CNCCN(C)C2=O. The van der Waals surface area contributed by atoms with Crippen molar-refractivity contribution in [3.05, 3.63) is 56.3 Å². The predicted molar refractivity (Wildman–Crippen MR) is 107 cm³/mol. The van der Waals surface area contributed by atoms with Gasteiger partial charge in [-0.3, -0.25) is 14.6 Å². The zero-order valence-electron chi connectivity index (χ0n) is 16.2. The molecule has 4 heterocycles. The molecule has 146 valence electrons. The summed E-state index contributed by atoms with van der Waals surface area (Å²) in [5.41, 5.74) is 4.06. The van der Waals surface area contributed by atoms with E-state index in [0.717, 1.165) is 11.3 Å². The number of hydrogen-bond acceptors (Lipinski definition) is 4. The number of H-pyrrole nitrogens is 3. The Labute approximate surface area is 161 Å². The van der Waals surface area contributed by atoms with Crippen LogP contribution in [0.15, 0.2) is 28.1 Å². The number of fused-ring (bicyclic) bond motifs is 2. The number of pyridine rings is 1. The van der Waals surface area contributed by atoms with Gasteiger partial charge in [0.05, 0.1) is 28.2 Å². The first-order valence-electron chi connectivity index (χ1n) is 9.38. The van der Waals surface area contributed by atoms with E-state index in [4.69, 9.17) is 0 Å². The third-order valence-corrected chi connectivity index (χ3v) is 4.99. The molecule has 1 aromatic heterocycles. The Morgan fingerprint density at radius 3 is 2.82 bits per heavy atom. The lowest BCUT2D eigenvalue weighted by Crippen LogP contribution is -2.36. The molecular formula is C20H24N6O2. The van der Waals surface area contributed by atoms with Gasteiger partial charge >= 0.3 is 0 Å². The van der Waals surface area contributed by atoms with Crippen LogP contribution in [0.5, 0.6) is 0 Å². The maximum absolute atomic E-state index is 12.9. The second kappa shape index (κ2) is 7.12. The maximum Gasteiger partial charge on any atom is 0.256 e. The number of rotatable bonds is 0. The lowest BCUT2D eigenvalue weighted by atomic mass is 10.1. The van der Waals surface area contributed by atoms with Crippen molar-refractivity contribution in [2.24, 2.45) is 4.99 Å². The summed E-state index contributed by atoms with van der Waals surface area (Å²) in [6.45, 7) is 5.87. The van der Waals surface area contributed by atoms with Gasteiger partial charge in [-0.25, -0.2) is 0 Å². The predicted octanol–water partition coefficient (Wildman–Crippen LogP) is -0.0436. The summed E-state index contributed by atoms with van der Waals surface area (Å²) in [6.07, 6.45) is 3.51. The molecule has 8 heteroatoms. The fourth-order valence-electron chi connectivity index (χ4n) is 3.53. The standard InChI is InChI=1S/C20H24N6O2/c1-11-6-15-16(23-11)7-14-13-8-18(22-10-17(13)25-19(14)27)24-12(2)9-21-4-5-26(3)20(15)28/h6-8,10,12,21,23H,4-5,9H2,1-3H3,(H,22,24)(H,25,27)/b14-7-. The van der Waals surface area contributed by atoms with Gasteiger partial charge < -0.3 is 25.2 Å². The van der Waals surface area contributed by atoms with Crippen molar-refractivity contribution in [1.82, 2.24) is 25.2 Å². The summed E-state index contributed by atoms with van der Waals surface area (Å²) in [4.78, 5) is 41.1. The lowest BCUT2D eigenvalue weighted by Gasteiger charge is -2.18. The Bertz CT molecular complexity index is 1170. The number of likely N-dealkylation sites (N-methyl/N-ethyl adjacent to an activating group) is 1. The van der Waals surface area contributed by atoms with Gasteiger partial charge in [-0.1, -0.05) is 0 Å². The van der Waals surface area contributed by atoms with E-state index in [-0.39, 0.29) is 17.5 Å². The van der Waals surface area contributed by atoms with Crippen LogP contribution >= 0.6 is 0 Å². The Morgan fingerprint density at radius 1 is 1.18 bits per heavy atom. The van der Waals surface area contributed by atoms with Crippen LogP contribution in [-0.4, -0.2) is 58.5 Å². The highest BCUT2D eigenvalue weighted by Gasteiger charge is 2.18. The van der Waals surface area contributed by atoms with E-state index in [2.05, 4.69) is 25.3 Å². The minimum Gasteiger partial charge on any atom is -0.358 e. The second-order valence-electron chi connectivity index (χ2n) is 7.35. The zero-order valence-corrected chi connectivity index (χ0v) is 16.2. The molecule has 3 aliphatic rings. The summed E-state index contributed by atoms with van der Waals surface area (Å²) in [7, 11) is 1.79.